The number of aryl methyl sites for hydroxylation is 1. The van der Waals surface area contributed by atoms with Crippen LogP contribution in [-0.4, -0.2) is 29.2 Å². The van der Waals surface area contributed by atoms with Crippen molar-refractivity contribution in [2.24, 2.45) is 0 Å². The van der Waals surface area contributed by atoms with Gasteiger partial charge in [0.2, 0.25) is 0 Å². The Labute approximate surface area is 127 Å². The van der Waals surface area contributed by atoms with Crippen molar-refractivity contribution < 1.29 is 26.7 Å². The van der Waals surface area contributed by atoms with E-state index < -0.39 is 0 Å². The molecule has 1 aliphatic heterocycles. The predicted molar refractivity (Wildman–Crippen MR) is 72.1 cm³/mol. The quantitative estimate of drug-likeness (QED) is 0.660. The number of unbranched alkanes of at least 4 members (excludes halogenated alkanes) is 1. The topological polar surface area (TPSA) is 27.4 Å². The average Bonchev–Trinajstić information content (AvgIpc) is 2.84. The normalized spacial score (nSPS) is 19.4. The molecule has 0 bridgehead atoms. The second kappa shape index (κ2) is 8.67. The van der Waals surface area contributed by atoms with Crippen LogP contribution in [0.2, 0.25) is 0 Å². The van der Waals surface area contributed by atoms with Crippen LogP contribution in [0.25, 0.3) is 0 Å². The maximum atomic E-state index is 9.34. The van der Waals surface area contributed by atoms with Crippen LogP contribution in [0.1, 0.15) is 38.2 Å². The van der Waals surface area contributed by atoms with E-state index in [1.165, 1.54) is 24.8 Å². The van der Waals surface area contributed by atoms with Crippen molar-refractivity contribution in [3.8, 4) is 0 Å². The lowest BCUT2D eigenvalue weighted by molar-refractivity contribution is -0.697. The number of aliphatic hydroxyl groups is 1. The molecule has 0 aliphatic carbocycles. The zero-order valence-electron chi connectivity index (χ0n) is 11.8. The number of aliphatic hydroxyl groups excluding tert-OH is 1. The van der Waals surface area contributed by atoms with E-state index in [1.807, 2.05) is 0 Å². The van der Waals surface area contributed by atoms with Crippen molar-refractivity contribution in [2.75, 3.05) is 13.2 Å². The van der Waals surface area contributed by atoms with Gasteiger partial charge < -0.3 is 22.1 Å². The van der Waals surface area contributed by atoms with Gasteiger partial charge in [-0.3, -0.25) is 4.90 Å². The highest BCUT2D eigenvalue weighted by molar-refractivity contribution is 5.06. The third-order valence-corrected chi connectivity index (χ3v) is 3.78. The van der Waals surface area contributed by atoms with Crippen molar-refractivity contribution in [1.82, 2.24) is 4.90 Å². The minimum Gasteiger partial charge on any atom is -1.00 e. The van der Waals surface area contributed by atoms with Gasteiger partial charge in [0, 0.05) is 30.6 Å². The molecule has 1 N–H and O–H groups in total. The summed E-state index contributed by atoms with van der Waals surface area (Å²) < 4.78 is 2.28. The van der Waals surface area contributed by atoms with E-state index in [4.69, 9.17) is 0 Å². The van der Waals surface area contributed by atoms with Gasteiger partial charge in [-0.05, 0) is 25.5 Å². The summed E-state index contributed by atoms with van der Waals surface area (Å²) in [6, 6.07) is 4.69. The molecule has 1 aliphatic rings. The third-order valence-electron chi connectivity index (χ3n) is 3.78. The molecular formula is C15H25BrN2O. The van der Waals surface area contributed by atoms with Gasteiger partial charge in [-0.15, -0.1) is 0 Å². The van der Waals surface area contributed by atoms with E-state index in [1.54, 1.807) is 0 Å². The molecule has 1 atom stereocenters. The third kappa shape index (κ3) is 4.86. The van der Waals surface area contributed by atoms with Crippen LogP contribution in [0.5, 0.6) is 0 Å². The molecule has 0 aromatic carbocycles. The van der Waals surface area contributed by atoms with Crippen molar-refractivity contribution in [1.29, 1.82) is 0 Å². The molecule has 0 radical (unpaired) electrons. The predicted octanol–water partition coefficient (Wildman–Crippen LogP) is -1.27. The SMILES string of the molecule is CCCC[n+]1cccc(CN2CCC[C@H]2CO)c1.[Br-]. The van der Waals surface area contributed by atoms with Crippen LogP contribution in [0.15, 0.2) is 24.5 Å². The molecule has 1 saturated heterocycles. The van der Waals surface area contributed by atoms with Crippen molar-refractivity contribution in [3.05, 3.63) is 30.1 Å². The highest BCUT2D eigenvalue weighted by Gasteiger charge is 2.23. The summed E-state index contributed by atoms with van der Waals surface area (Å²) in [5.74, 6) is 0. The van der Waals surface area contributed by atoms with Gasteiger partial charge in [-0.1, -0.05) is 13.3 Å². The Morgan fingerprint density at radius 3 is 3.05 bits per heavy atom. The smallest absolute Gasteiger partial charge is 0.173 e. The highest BCUT2D eigenvalue weighted by Crippen LogP contribution is 2.18. The Morgan fingerprint density at radius 2 is 2.32 bits per heavy atom. The molecule has 2 rings (SSSR count). The first-order valence-electron chi connectivity index (χ1n) is 7.16. The molecule has 4 heteroatoms. The molecule has 1 aromatic heterocycles. The van der Waals surface area contributed by atoms with Crippen LogP contribution in [0.4, 0.5) is 0 Å². The first kappa shape index (κ1) is 16.6. The zero-order valence-corrected chi connectivity index (χ0v) is 13.3. The van der Waals surface area contributed by atoms with Crippen LogP contribution in [0, 0.1) is 0 Å². The maximum absolute atomic E-state index is 9.34. The summed E-state index contributed by atoms with van der Waals surface area (Å²) in [5, 5.41) is 9.34. The summed E-state index contributed by atoms with van der Waals surface area (Å²) in [6.07, 6.45) is 9.22. The number of likely N-dealkylation sites (tertiary alicyclic amines) is 1. The number of rotatable bonds is 6. The Kier molecular flexibility index (Phi) is 7.57. The zero-order chi connectivity index (χ0) is 12.8. The molecule has 19 heavy (non-hydrogen) atoms. The van der Waals surface area contributed by atoms with Gasteiger partial charge in [0.1, 0.15) is 6.54 Å². The number of aromatic nitrogens is 1. The lowest BCUT2D eigenvalue weighted by atomic mass is 10.2. The van der Waals surface area contributed by atoms with Gasteiger partial charge in [0.05, 0.1) is 6.61 Å². The molecule has 0 unspecified atom stereocenters. The molecule has 3 nitrogen and oxygen atoms in total. The molecular weight excluding hydrogens is 304 g/mol. The van der Waals surface area contributed by atoms with E-state index in [-0.39, 0.29) is 17.0 Å². The van der Waals surface area contributed by atoms with E-state index in [0.717, 1.165) is 26.1 Å². The van der Waals surface area contributed by atoms with Gasteiger partial charge in [-0.2, -0.15) is 0 Å². The fourth-order valence-electron chi connectivity index (χ4n) is 2.69. The Bertz CT molecular complexity index is 373. The minimum absolute atomic E-state index is 0. The van der Waals surface area contributed by atoms with E-state index >= 15 is 0 Å². The number of nitrogens with zero attached hydrogens (tertiary/aromatic N) is 2. The fraction of sp³-hybridized carbons (Fsp3) is 0.667. The standard InChI is InChI=1S/C15H25N2O.BrH/c1-2-3-8-16-9-4-6-14(11-16)12-17-10-5-7-15(17)13-18;/h4,6,9,11,15,18H,2-3,5,7-8,10,12-13H2,1H3;1H/q+1;/p-1/t15-;/m0./s1. The van der Waals surface area contributed by atoms with Gasteiger partial charge in [0.25, 0.3) is 0 Å². The van der Waals surface area contributed by atoms with Crippen LogP contribution < -0.4 is 21.5 Å². The number of pyridine rings is 1. The van der Waals surface area contributed by atoms with Crippen LogP contribution >= 0.6 is 0 Å². The maximum Gasteiger partial charge on any atom is 0.173 e. The molecule has 108 valence electrons. The molecule has 0 saturated carbocycles. The Balaban J connectivity index is 0.00000180. The molecule has 0 spiro atoms. The van der Waals surface area contributed by atoms with Gasteiger partial charge >= 0.3 is 0 Å². The fourth-order valence-corrected chi connectivity index (χ4v) is 2.69. The first-order chi connectivity index (χ1) is 8.83. The Morgan fingerprint density at radius 1 is 1.47 bits per heavy atom. The lowest BCUT2D eigenvalue weighted by Crippen LogP contribution is -3.00. The average molecular weight is 329 g/mol. The molecule has 1 fully saturated rings. The van der Waals surface area contributed by atoms with Crippen LogP contribution in [-0.2, 0) is 13.1 Å². The van der Waals surface area contributed by atoms with Crippen LogP contribution in [0.3, 0.4) is 0 Å². The molecule has 1 aromatic rings. The number of hydrogen-bond donors (Lipinski definition) is 1. The van der Waals surface area contributed by atoms with E-state index in [0.29, 0.717) is 12.6 Å². The Hall–Kier alpha value is -0.450. The van der Waals surface area contributed by atoms with Gasteiger partial charge in [0.15, 0.2) is 12.4 Å². The summed E-state index contributed by atoms with van der Waals surface area (Å²) in [5.41, 5.74) is 1.36. The highest BCUT2D eigenvalue weighted by atomic mass is 79.9. The number of hydrogen-bond acceptors (Lipinski definition) is 2. The summed E-state index contributed by atoms with van der Waals surface area (Å²) in [4.78, 5) is 2.40. The van der Waals surface area contributed by atoms with E-state index in [9.17, 15) is 5.11 Å². The summed E-state index contributed by atoms with van der Waals surface area (Å²) >= 11 is 0. The lowest BCUT2D eigenvalue weighted by Gasteiger charge is -2.21. The largest absolute Gasteiger partial charge is 1.00 e. The summed E-state index contributed by atoms with van der Waals surface area (Å²) in [6.45, 7) is 5.71. The second-order valence-electron chi connectivity index (χ2n) is 5.25. The van der Waals surface area contributed by atoms with E-state index in [2.05, 4.69) is 40.9 Å². The van der Waals surface area contributed by atoms with Crippen molar-refractivity contribution in [3.63, 3.8) is 0 Å². The second-order valence-corrected chi connectivity index (χ2v) is 5.25. The van der Waals surface area contributed by atoms with Crippen molar-refractivity contribution in [2.45, 2.75) is 51.7 Å². The molecule has 2 heterocycles. The monoisotopic (exact) mass is 328 g/mol. The van der Waals surface area contributed by atoms with Crippen molar-refractivity contribution >= 4 is 0 Å². The number of halogens is 1. The molecule has 0 amide bonds. The minimum atomic E-state index is 0. The first-order valence-corrected chi connectivity index (χ1v) is 7.16. The van der Waals surface area contributed by atoms with Gasteiger partial charge in [-0.25, -0.2) is 4.57 Å². The summed E-state index contributed by atoms with van der Waals surface area (Å²) in [7, 11) is 0.